The maximum absolute atomic E-state index is 12.5. The number of carbonyl (C=O) groups is 2. The number of nitrogens with one attached hydrogen (secondary N) is 1. The molecule has 0 aliphatic carbocycles. The van der Waals surface area contributed by atoms with Gasteiger partial charge in [-0.1, -0.05) is 78.9 Å². The van der Waals surface area contributed by atoms with Crippen LogP contribution in [0.4, 0.5) is 0 Å². The fourth-order valence-corrected chi connectivity index (χ4v) is 2.66. The minimum Gasteiger partial charge on any atom is -0.477 e. The van der Waals surface area contributed by atoms with Crippen molar-refractivity contribution in [3.8, 4) is 0 Å². The predicted octanol–water partition coefficient (Wildman–Crippen LogP) is 3.96. The average molecular weight is 343 g/mol. The van der Waals surface area contributed by atoms with Gasteiger partial charge in [0.15, 0.2) is 0 Å². The Hall–Kier alpha value is -3.66. The van der Waals surface area contributed by atoms with E-state index in [4.69, 9.17) is 0 Å². The Morgan fingerprint density at radius 3 is 1.38 bits per heavy atom. The van der Waals surface area contributed by atoms with Gasteiger partial charge in [0.2, 0.25) is 0 Å². The summed E-state index contributed by atoms with van der Waals surface area (Å²) in [6.07, 6.45) is 0. The smallest absolute Gasteiger partial charge is 0.353 e. The van der Waals surface area contributed by atoms with Crippen molar-refractivity contribution in [1.29, 1.82) is 0 Å². The second-order valence-corrected chi connectivity index (χ2v) is 5.61. The fraction of sp³-hybridized carbons (Fsp3) is 0. The number of hydrogen-bond donors (Lipinski definition) is 2. The second kappa shape index (κ2) is 7.94. The summed E-state index contributed by atoms with van der Waals surface area (Å²) in [6, 6.07) is 26.8. The molecule has 0 aliphatic rings. The Morgan fingerprint density at radius 2 is 1.00 bits per heavy atom. The van der Waals surface area contributed by atoms with Gasteiger partial charge in [-0.3, -0.25) is 4.79 Å². The van der Waals surface area contributed by atoms with Gasteiger partial charge in [-0.05, 0) is 23.3 Å². The maximum atomic E-state index is 12.5. The van der Waals surface area contributed by atoms with E-state index in [1.807, 2.05) is 60.7 Å². The molecule has 0 fully saturated rings. The molecule has 128 valence electrons. The van der Waals surface area contributed by atoms with Crippen LogP contribution in [0.15, 0.2) is 96.7 Å². The molecule has 0 spiro atoms. The largest absolute Gasteiger partial charge is 0.477 e. The van der Waals surface area contributed by atoms with Crippen LogP contribution >= 0.6 is 0 Å². The number of carboxylic acid groups (broad SMARTS) is 1. The number of aliphatic carboxylic acids is 1. The summed E-state index contributed by atoms with van der Waals surface area (Å²) in [5, 5.41) is 12.4. The van der Waals surface area contributed by atoms with Crippen molar-refractivity contribution in [1.82, 2.24) is 5.32 Å². The molecule has 0 bridgehead atoms. The molecule has 2 N–H and O–H groups in total. The van der Waals surface area contributed by atoms with Crippen molar-refractivity contribution in [2.24, 2.45) is 0 Å². The molecule has 0 saturated heterocycles. The molecule has 0 atom stereocenters. The third-order valence-corrected chi connectivity index (χ3v) is 3.86. The van der Waals surface area contributed by atoms with Crippen LogP contribution in [-0.2, 0) is 4.79 Å². The summed E-state index contributed by atoms with van der Waals surface area (Å²) in [5.74, 6) is -1.66. The van der Waals surface area contributed by atoms with Crippen LogP contribution in [0.25, 0.3) is 5.57 Å². The standard InChI is InChI=1S/C22H17NO3/c24-21(18-14-8-3-9-15-18)23-20(22(25)26)19(16-10-4-1-5-11-16)17-12-6-2-7-13-17/h1-15H,(H,23,24)(H,25,26). The van der Waals surface area contributed by atoms with Crippen LogP contribution in [0.5, 0.6) is 0 Å². The third-order valence-electron chi connectivity index (χ3n) is 3.86. The van der Waals surface area contributed by atoms with E-state index in [-0.39, 0.29) is 5.70 Å². The zero-order chi connectivity index (χ0) is 18.4. The van der Waals surface area contributed by atoms with E-state index < -0.39 is 11.9 Å². The van der Waals surface area contributed by atoms with Crippen LogP contribution in [0, 0.1) is 0 Å². The van der Waals surface area contributed by atoms with Gasteiger partial charge in [-0.2, -0.15) is 0 Å². The molecule has 4 nitrogen and oxygen atoms in total. The summed E-state index contributed by atoms with van der Waals surface area (Å²) in [4.78, 5) is 24.5. The van der Waals surface area contributed by atoms with E-state index in [1.54, 1.807) is 30.3 Å². The lowest BCUT2D eigenvalue weighted by Gasteiger charge is -2.14. The molecule has 0 saturated carbocycles. The molecule has 3 aromatic carbocycles. The van der Waals surface area contributed by atoms with Crippen molar-refractivity contribution in [2.45, 2.75) is 0 Å². The van der Waals surface area contributed by atoms with Crippen molar-refractivity contribution in [3.63, 3.8) is 0 Å². The van der Waals surface area contributed by atoms with Gasteiger partial charge in [0, 0.05) is 11.1 Å². The molecule has 0 aromatic heterocycles. The van der Waals surface area contributed by atoms with Crippen molar-refractivity contribution >= 4 is 17.4 Å². The Bertz CT molecular complexity index is 891. The van der Waals surface area contributed by atoms with E-state index >= 15 is 0 Å². The topological polar surface area (TPSA) is 66.4 Å². The lowest BCUT2D eigenvalue weighted by Crippen LogP contribution is -2.28. The lowest BCUT2D eigenvalue weighted by molar-refractivity contribution is -0.132. The minimum absolute atomic E-state index is 0.156. The summed E-state index contributed by atoms with van der Waals surface area (Å²) in [7, 11) is 0. The Kier molecular flexibility index (Phi) is 5.25. The number of carbonyl (C=O) groups excluding carboxylic acids is 1. The first-order chi connectivity index (χ1) is 12.7. The molecule has 0 heterocycles. The molecular formula is C22H17NO3. The summed E-state index contributed by atoms with van der Waals surface area (Å²) >= 11 is 0. The van der Waals surface area contributed by atoms with Crippen LogP contribution in [0.3, 0.4) is 0 Å². The highest BCUT2D eigenvalue weighted by Gasteiger charge is 2.20. The number of carboxylic acids is 1. The van der Waals surface area contributed by atoms with Crippen LogP contribution in [-0.4, -0.2) is 17.0 Å². The maximum Gasteiger partial charge on any atom is 0.353 e. The molecular weight excluding hydrogens is 326 g/mol. The van der Waals surface area contributed by atoms with Gasteiger partial charge in [0.25, 0.3) is 5.91 Å². The van der Waals surface area contributed by atoms with E-state index in [9.17, 15) is 14.7 Å². The highest BCUT2D eigenvalue weighted by Crippen LogP contribution is 2.26. The third kappa shape index (κ3) is 3.87. The fourth-order valence-electron chi connectivity index (χ4n) is 2.66. The Morgan fingerprint density at radius 1 is 0.615 bits per heavy atom. The van der Waals surface area contributed by atoms with Gasteiger partial charge in [-0.25, -0.2) is 4.79 Å². The van der Waals surface area contributed by atoms with Crippen LogP contribution < -0.4 is 5.32 Å². The van der Waals surface area contributed by atoms with Crippen LogP contribution in [0.2, 0.25) is 0 Å². The molecule has 0 unspecified atom stereocenters. The molecule has 0 radical (unpaired) electrons. The second-order valence-electron chi connectivity index (χ2n) is 5.61. The number of rotatable bonds is 5. The molecule has 3 aromatic rings. The summed E-state index contributed by atoms with van der Waals surface area (Å²) < 4.78 is 0. The molecule has 4 heteroatoms. The SMILES string of the molecule is O=C(O)C(NC(=O)c1ccccc1)=C(c1ccccc1)c1ccccc1. The number of benzene rings is 3. The van der Waals surface area contributed by atoms with Gasteiger partial charge >= 0.3 is 5.97 Å². The molecule has 26 heavy (non-hydrogen) atoms. The highest BCUT2D eigenvalue weighted by molar-refractivity contribution is 6.06. The molecule has 3 rings (SSSR count). The van der Waals surface area contributed by atoms with E-state index in [0.717, 1.165) is 0 Å². The Labute approximate surface area is 151 Å². The van der Waals surface area contributed by atoms with Crippen LogP contribution in [0.1, 0.15) is 21.5 Å². The number of amides is 1. The zero-order valence-electron chi connectivity index (χ0n) is 13.9. The summed E-state index contributed by atoms with van der Waals surface area (Å²) in [5.41, 5.74) is 2.12. The lowest BCUT2D eigenvalue weighted by atomic mass is 9.95. The minimum atomic E-state index is -1.20. The predicted molar refractivity (Wildman–Crippen MR) is 100 cm³/mol. The molecule has 1 amide bonds. The van der Waals surface area contributed by atoms with E-state index in [2.05, 4.69) is 5.32 Å². The van der Waals surface area contributed by atoms with E-state index in [1.165, 1.54) is 0 Å². The zero-order valence-corrected chi connectivity index (χ0v) is 13.9. The quantitative estimate of drug-likeness (QED) is 0.689. The number of hydrogen-bond acceptors (Lipinski definition) is 2. The van der Waals surface area contributed by atoms with Crippen molar-refractivity contribution in [3.05, 3.63) is 113 Å². The van der Waals surface area contributed by atoms with Crippen molar-refractivity contribution in [2.75, 3.05) is 0 Å². The Balaban J connectivity index is 2.13. The molecule has 0 aliphatic heterocycles. The van der Waals surface area contributed by atoms with Gasteiger partial charge in [0.1, 0.15) is 5.70 Å². The average Bonchev–Trinajstić information content (AvgIpc) is 2.69. The monoisotopic (exact) mass is 343 g/mol. The first-order valence-corrected chi connectivity index (χ1v) is 8.11. The van der Waals surface area contributed by atoms with Gasteiger partial charge in [0.05, 0.1) is 0 Å². The van der Waals surface area contributed by atoms with Gasteiger partial charge < -0.3 is 10.4 Å². The van der Waals surface area contributed by atoms with Gasteiger partial charge in [-0.15, -0.1) is 0 Å². The van der Waals surface area contributed by atoms with Crippen molar-refractivity contribution < 1.29 is 14.7 Å². The normalized spacial score (nSPS) is 10.0. The first kappa shape index (κ1) is 17.2. The van der Waals surface area contributed by atoms with E-state index in [0.29, 0.717) is 22.3 Å². The summed E-state index contributed by atoms with van der Waals surface area (Å²) in [6.45, 7) is 0. The first-order valence-electron chi connectivity index (χ1n) is 8.11. The highest BCUT2D eigenvalue weighted by atomic mass is 16.4.